The lowest BCUT2D eigenvalue weighted by Gasteiger charge is -2.26. The van der Waals surface area contributed by atoms with Gasteiger partial charge < -0.3 is 4.90 Å². The van der Waals surface area contributed by atoms with Gasteiger partial charge in [-0.3, -0.25) is 0 Å². The Morgan fingerprint density at radius 2 is 2.29 bits per heavy atom. The van der Waals surface area contributed by atoms with Crippen molar-refractivity contribution in [2.75, 3.05) is 19.6 Å². The Morgan fingerprint density at radius 3 is 3.07 bits per heavy atom. The van der Waals surface area contributed by atoms with Gasteiger partial charge in [-0.1, -0.05) is 18.0 Å². The minimum absolute atomic E-state index is 0.639. The second-order valence-corrected chi connectivity index (χ2v) is 4.04. The molecule has 0 saturated carbocycles. The SMILES string of the molecule is CC1CCCCCN1CCCN=[N+]=[N-]. The van der Waals surface area contributed by atoms with Crippen LogP contribution in [-0.2, 0) is 0 Å². The van der Waals surface area contributed by atoms with E-state index in [-0.39, 0.29) is 0 Å². The van der Waals surface area contributed by atoms with Crippen LogP contribution in [0.1, 0.15) is 39.0 Å². The molecule has 0 aliphatic carbocycles. The minimum Gasteiger partial charge on any atom is -0.301 e. The predicted molar refractivity (Wildman–Crippen MR) is 58.1 cm³/mol. The summed E-state index contributed by atoms with van der Waals surface area (Å²) in [5.41, 5.74) is 8.14. The van der Waals surface area contributed by atoms with Gasteiger partial charge in [0.1, 0.15) is 0 Å². The van der Waals surface area contributed by atoms with E-state index in [9.17, 15) is 0 Å². The molecule has 1 atom stereocenters. The summed E-state index contributed by atoms with van der Waals surface area (Å²) in [6.07, 6.45) is 6.38. The van der Waals surface area contributed by atoms with Crippen molar-refractivity contribution in [1.29, 1.82) is 0 Å². The van der Waals surface area contributed by atoms with Gasteiger partial charge in [-0.25, -0.2) is 0 Å². The van der Waals surface area contributed by atoms with Gasteiger partial charge in [0.05, 0.1) is 0 Å². The molecule has 1 heterocycles. The molecule has 0 aromatic heterocycles. The summed E-state index contributed by atoms with van der Waals surface area (Å²) >= 11 is 0. The highest BCUT2D eigenvalue weighted by Gasteiger charge is 2.15. The van der Waals surface area contributed by atoms with Crippen molar-refractivity contribution in [1.82, 2.24) is 4.90 Å². The largest absolute Gasteiger partial charge is 0.301 e. The normalized spacial score (nSPS) is 23.9. The molecule has 14 heavy (non-hydrogen) atoms. The molecule has 0 amide bonds. The van der Waals surface area contributed by atoms with Crippen LogP contribution in [0.25, 0.3) is 10.4 Å². The molecule has 4 nitrogen and oxygen atoms in total. The number of azide groups is 1. The zero-order valence-electron chi connectivity index (χ0n) is 9.02. The van der Waals surface area contributed by atoms with Gasteiger partial charge in [0, 0.05) is 17.5 Å². The molecule has 4 heteroatoms. The summed E-state index contributed by atoms with van der Waals surface area (Å²) in [6, 6.07) is 0.712. The van der Waals surface area contributed by atoms with E-state index in [0.29, 0.717) is 12.6 Å². The summed E-state index contributed by atoms with van der Waals surface area (Å²) in [5, 5.41) is 3.56. The van der Waals surface area contributed by atoms with Crippen molar-refractivity contribution >= 4 is 0 Å². The lowest BCUT2D eigenvalue weighted by Crippen LogP contribution is -2.33. The van der Waals surface area contributed by atoms with E-state index in [2.05, 4.69) is 21.8 Å². The van der Waals surface area contributed by atoms with Gasteiger partial charge in [0.15, 0.2) is 0 Å². The summed E-state index contributed by atoms with van der Waals surface area (Å²) in [6.45, 7) is 5.25. The monoisotopic (exact) mass is 196 g/mol. The molecule has 1 saturated heterocycles. The first kappa shape index (κ1) is 11.3. The van der Waals surface area contributed by atoms with Crippen LogP contribution in [-0.4, -0.2) is 30.6 Å². The molecule has 0 spiro atoms. The average molecular weight is 196 g/mol. The van der Waals surface area contributed by atoms with Gasteiger partial charge >= 0.3 is 0 Å². The number of hydrogen-bond donors (Lipinski definition) is 0. The number of likely N-dealkylation sites (tertiary alicyclic amines) is 1. The summed E-state index contributed by atoms with van der Waals surface area (Å²) < 4.78 is 0. The van der Waals surface area contributed by atoms with Crippen LogP contribution in [0.5, 0.6) is 0 Å². The van der Waals surface area contributed by atoms with E-state index in [1.807, 2.05) is 0 Å². The van der Waals surface area contributed by atoms with Crippen LogP contribution in [0.2, 0.25) is 0 Å². The summed E-state index contributed by atoms with van der Waals surface area (Å²) in [7, 11) is 0. The van der Waals surface area contributed by atoms with Crippen molar-refractivity contribution in [3.8, 4) is 0 Å². The number of rotatable bonds is 4. The third kappa shape index (κ3) is 3.99. The molecule has 0 N–H and O–H groups in total. The molecule has 0 bridgehead atoms. The third-order valence-electron chi connectivity index (χ3n) is 2.96. The van der Waals surface area contributed by atoms with Gasteiger partial charge in [0.2, 0.25) is 0 Å². The van der Waals surface area contributed by atoms with E-state index in [4.69, 9.17) is 5.53 Å². The maximum atomic E-state index is 8.14. The van der Waals surface area contributed by atoms with Gasteiger partial charge in [-0.2, -0.15) is 0 Å². The van der Waals surface area contributed by atoms with Crippen molar-refractivity contribution in [2.24, 2.45) is 5.11 Å². The molecule has 1 unspecified atom stereocenters. The Balaban J connectivity index is 2.22. The highest BCUT2D eigenvalue weighted by molar-refractivity contribution is 4.71. The van der Waals surface area contributed by atoms with Crippen LogP contribution < -0.4 is 0 Å². The Morgan fingerprint density at radius 1 is 1.43 bits per heavy atom. The summed E-state index contributed by atoms with van der Waals surface area (Å²) in [5.74, 6) is 0. The van der Waals surface area contributed by atoms with Crippen LogP contribution >= 0.6 is 0 Å². The number of hydrogen-bond acceptors (Lipinski definition) is 2. The van der Waals surface area contributed by atoms with Crippen molar-refractivity contribution in [3.05, 3.63) is 10.4 Å². The van der Waals surface area contributed by atoms with Crippen LogP contribution in [0, 0.1) is 0 Å². The second kappa shape index (κ2) is 6.68. The molecule has 0 aromatic rings. The van der Waals surface area contributed by atoms with Crippen molar-refractivity contribution in [2.45, 2.75) is 45.1 Å². The van der Waals surface area contributed by atoms with Gasteiger partial charge in [-0.15, -0.1) is 0 Å². The third-order valence-corrected chi connectivity index (χ3v) is 2.96. The standard InChI is InChI=1S/C10H20N4/c1-10-6-3-2-4-8-14(10)9-5-7-12-13-11/h10H,2-9H2,1H3. The second-order valence-electron chi connectivity index (χ2n) is 4.04. The fourth-order valence-corrected chi connectivity index (χ4v) is 2.06. The number of nitrogens with zero attached hydrogens (tertiary/aromatic N) is 4. The molecule has 1 rings (SSSR count). The molecular weight excluding hydrogens is 176 g/mol. The maximum Gasteiger partial charge on any atom is 0.0270 e. The predicted octanol–water partition coefficient (Wildman–Crippen LogP) is 2.95. The molecule has 1 fully saturated rings. The Kier molecular flexibility index (Phi) is 5.42. The highest BCUT2D eigenvalue weighted by atomic mass is 15.2. The maximum absolute atomic E-state index is 8.14. The smallest absolute Gasteiger partial charge is 0.0270 e. The zero-order valence-corrected chi connectivity index (χ0v) is 9.02. The zero-order chi connectivity index (χ0) is 10.2. The first-order chi connectivity index (χ1) is 6.84. The van der Waals surface area contributed by atoms with Crippen LogP contribution in [0.4, 0.5) is 0 Å². The molecule has 80 valence electrons. The van der Waals surface area contributed by atoms with E-state index in [0.717, 1.165) is 13.0 Å². The molecule has 1 aliphatic rings. The van der Waals surface area contributed by atoms with E-state index in [1.54, 1.807) is 0 Å². The Labute approximate surface area is 85.9 Å². The van der Waals surface area contributed by atoms with Crippen LogP contribution in [0.15, 0.2) is 5.11 Å². The van der Waals surface area contributed by atoms with Gasteiger partial charge in [-0.05, 0) is 44.8 Å². The Hall–Kier alpha value is -0.730. The van der Waals surface area contributed by atoms with Crippen LogP contribution in [0.3, 0.4) is 0 Å². The first-order valence-electron chi connectivity index (χ1n) is 5.59. The first-order valence-corrected chi connectivity index (χ1v) is 5.59. The van der Waals surface area contributed by atoms with E-state index < -0.39 is 0 Å². The average Bonchev–Trinajstić information content (AvgIpc) is 2.39. The summed E-state index contributed by atoms with van der Waals surface area (Å²) in [4.78, 5) is 5.29. The highest BCUT2D eigenvalue weighted by Crippen LogP contribution is 2.16. The fourth-order valence-electron chi connectivity index (χ4n) is 2.06. The molecular formula is C10H20N4. The Bertz CT molecular complexity index is 198. The molecule has 0 radical (unpaired) electrons. The topological polar surface area (TPSA) is 52.0 Å². The lowest BCUT2D eigenvalue weighted by atomic mass is 10.1. The molecule has 1 aliphatic heterocycles. The van der Waals surface area contributed by atoms with Crippen molar-refractivity contribution in [3.63, 3.8) is 0 Å². The quantitative estimate of drug-likeness (QED) is 0.295. The minimum atomic E-state index is 0.639. The fraction of sp³-hybridized carbons (Fsp3) is 1.00. The van der Waals surface area contributed by atoms with Crippen molar-refractivity contribution < 1.29 is 0 Å². The lowest BCUT2D eigenvalue weighted by molar-refractivity contribution is 0.212. The van der Waals surface area contributed by atoms with E-state index in [1.165, 1.54) is 32.2 Å². The van der Waals surface area contributed by atoms with Gasteiger partial charge in [0.25, 0.3) is 0 Å². The molecule has 0 aromatic carbocycles. The van der Waals surface area contributed by atoms with E-state index >= 15 is 0 Å².